The number of rotatable bonds is 12. The zero-order chi connectivity index (χ0) is 23.9. The fourth-order valence-corrected chi connectivity index (χ4v) is 6.39. The molecule has 1 aromatic carbocycles. The number of carboxylic acid groups (broad SMARTS) is 1. The topological polar surface area (TPSA) is 85.2 Å². The minimum absolute atomic E-state index is 0.0626. The van der Waals surface area contributed by atoms with E-state index in [-0.39, 0.29) is 31.0 Å². The van der Waals surface area contributed by atoms with Crippen LogP contribution in [0.4, 0.5) is 0 Å². The van der Waals surface area contributed by atoms with Crippen molar-refractivity contribution in [1.82, 2.24) is 0 Å². The minimum atomic E-state index is -0.961. The Kier molecular flexibility index (Phi) is 9.26. The number of benzene rings is 1. The molecule has 4 rings (SSSR count). The Morgan fingerprint density at radius 2 is 2.09 bits per heavy atom. The van der Waals surface area contributed by atoms with Gasteiger partial charge in [-0.25, -0.2) is 4.79 Å². The molecule has 0 radical (unpaired) electrons. The van der Waals surface area contributed by atoms with E-state index in [2.05, 4.69) is 13.0 Å². The molecule has 0 spiro atoms. The highest BCUT2D eigenvalue weighted by Crippen LogP contribution is 2.48. The lowest BCUT2D eigenvalue weighted by Crippen LogP contribution is -2.31. The molecule has 1 aliphatic heterocycles. The Morgan fingerprint density at radius 3 is 2.85 bits per heavy atom. The molecule has 0 bridgehead atoms. The van der Waals surface area contributed by atoms with Crippen molar-refractivity contribution in [3.05, 3.63) is 29.3 Å². The molecular formula is C28H42O6. The molecule has 190 valence electrons. The highest BCUT2D eigenvalue weighted by Gasteiger charge is 2.45. The van der Waals surface area contributed by atoms with Crippen molar-refractivity contribution < 1.29 is 29.2 Å². The maximum Gasteiger partial charge on any atom is 0.341 e. The first-order valence-corrected chi connectivity index (χ1v) is 13.5. The van der Waals surface area contributed by atoms with Gasteiger partial charge < -0.3 is 24.4 Å². The largest absolute Gasteiger partial charge is 0.482 e. The SMILES string of the molecule is CCCCCC(CC[C@@H]1[C@H]2Cc3cccc(OCC(=O)O)c3C[C@H]2C[C@H]1O)OC1CCCCO1. The third kappa shape index (κ3) is 6.52. The molecule has 34 heavy (non-hydrogen) atoms. The predicted molar refractivity (Wildman–Crippen MR) is 130 cm³/mol. The normalized spacial score (nSPS) is 29.3. The molecular weight excluding hydrogens is 432 g/mol. The average molecular weight is 475 g/mol. The fourth-order valence-electron chi connectivity index (χ4n) is 6.39. The number of aliphatic hydroxyl groups is 1. The zero-order valence-corrected chi connectivity index (χ0v) is 20.6. The summed E-state index contributed by atoms with van der Waals surface area (Å²) in [6, 6.07) is 5.97. The maximum absolute atomic E-state index is 11.0. The molecule has 6 heteroatoms. The monoisotopic (exact) mass is 474 g/mol. The van der Waals surface area contributed by atoms with E-state index in [9.17, 15) is 9.90 Å². The van der Waals surface area contributed by atoms with Crippen molar-refractivity contribution in [3.63, 3.8) is 0 Å². The molecule has 2 N–H and O–H groups in total. The molecule has 2 aliphatic carbocycles. The van der Waals surface area contributed by atoms with Gasteiger partial charge in [-0.2, -0.15) is 0 Å². The summed E-state index contributed by atoms with van der Waals surface area (Å²) in [5.41, 5.74) is 2.38. The van der Waals surface area contributed by atoms with E-state index in [4.69, 9.17) is 19.3 Å². The molecule has 1 aromatic rings. The van der Waals surface area contributed by atoms with E-state index in [1.807, 2.05) is 12.1 Å². The molecule has 0 aromatic heterocycles. The number of fused-ring (bicyclic) bond motifs is 2. The summed E-state index contributed by atoms with van der Waals surface area (Å²) < 4.78 is 17.9. The van der Waals surface area contributed by atoms with Crippen LogP contribution in [0, 0.1) is 17.8 Å². The lowest BCUT2D eigenvalue weighted by molar-refractivity contribution is -0.191. The summed E-state index contributed by atoms with van der Waals surface area (Å²) in [6.07, 6.45) is 12.4. The number of aliphatic hydroxyl groups excluding tert-OH is 1. The number of aliphatic carboxylic acids is 1. The number of carbonyl (C=O) groups is 1. The Morgan fingerprint density at radius 1 is 1.21 bits per heavy atom. The minimum Gasteiger partial charge on any atom is -0.482 e. The Labute approximate surface area is 204 Å². The smallest absolute Gasteiger partial charge is 0.341 e. The van der Waals surface area contributed by atoms with Gasteiger partial charge in [0.05, 0.1) is 12.2 Å². The Bertz CT molecular complexity index is 789. The highest BCUT2D eigenvalue weighted by molar-refractivity contribution is 5.68. The number of hydrogen-bond acceptors (Lipinski definition) is 5. The van der Waals surface area contributed by atoms with Gasteiger partial charge in [0, 0.05) is 6.61 Å². The summed E-state index contributed by atoms with van der Waals surface area (Å²) in [4.78, 5) is 11.0. The molecule has 1 saturated carbocycles. The second-order valence-electron chi connectivity index (χ2n) is 10.5. The van der Waals surface area contributed by atoms with Crippen molar-refractivity contribution in [2.45, 2.75) is 102 Å². The first-order valence-electron chi connectivity index (χ1n) is 13.5. The quantitative estimate of drug-likeness (QED) is 0.408. The van der Waals surface area contributed by atoms with E-state index in [0.29, 0.717) is 17.6 Å². The second kappa shape index (κ2) is 12.4. The van der Waals surface area contributed by atoms with Gasteiger partial charge >= 0.3 is 5.97 Å². The van der Waals surface area contributed by atoms with Gasteiger partial charge in [0.2, 0.25) is 0 Å². The van der Waals surface area contributed by atoms with Crippen LogP contribution in [-0.4, -0.2) is 47.9 Å². The Hall–Kier alpha value is -1.63. The summed E-state index contributed by atoms with van der Waals surface area (Å²) in [5.74, 6) is 0.888. The number of unbranched alkanes of at least 4 members (excludes halogenated alkanes) is 2. The lowest BCUT2D eigenvalue weighted by atomic mass is 9.73. The first kappa shape index (κ1) is 25.5. The molecule has 2 unspecified atom stereocenters. The third-order valence-corrected chi connectivity index (χ3v) is 8.13. The van der Waals surface area contributed by atoms with Crippen LogP contribution in [-0.2, 0) is 27.1 Å². The number of ether oxygens (including phenoxy) is 3. The van der Waals surface area contributed by atoms with Crippen LogP contribution in [0.1, 0.15) is 82.3 Å². The molecule has 0 amide bonds. The fraction of sp³-hybridized carbons (Fsp3) is 0.750. The number of hydrogen-bond donors (Lipinski definition) is 2. The van der Waals surface area contributed by atoms with Gasteiger partial charge in [-0.05, 0) is 92.7 Å². The van der Waals surface area contributed by atoms with Crippen LogP contribution in [0.25, 0.3) is 0 Å². The maximum atomic E-state index is 11.0. The van der Waals surface area contributed by atoms with Gasteiger partial charge in [-0.15, -0.1) is 0 Å². The van der Waals surface area contributed by atoms with Gasteiger partial charge in [0.15, 0.2) is 12.9 Å². The predicted octanol–water partition coefficient (Wildman–Crippen LogP) is 5.13. The van der Waals surface area contributed by atoms with Gasteiger partial charge in [0.1, 0.15) is 5.75 Å². The first-order chi connectivity index (χ1) is 16.5. The Balaban J connectivity index is 1.38. The van der Waals surface area contributed by atoms with Crippen LogP contribution in [0.5, 0.6) is 5.75 Å². The van der Waals surface area contributed by atoms with Crippen molar-refractivity contribution in [1.29, 1.82) is 0 Å². The van der Waals surface area contributed by atoms with E-state index in [1.54, 1.807) is 0 Å². The molecule has 3 aliphatic rings. The van der Waals surface area contributed by atoms with Crippen molar-refractivity contribution in [2.24, 2.45) is 17.8 Å². The standard InChI is InChI=1S/C28H42O6/c1-2-3-4-9-21(34-28-11-5-6-14-32-28)12-13-22-23-15-19-8-7-10-26(33-18-27(30)31)24(19)16-20(23)17-25(22)29/h7-8,10,20-23,25,28-29H,2-6,9,11-18H2,1H3,(H,30,31)/t20-,21?,22+,23-,25+,28?/m0/s1. The van der Waals surface area contributed by atoms with Gasteiger partial charge in [-0.3, -0.25) is 0 Å². The highest BCUT2D eigenvalue weighted by atomic mass is 16.7. The summed E-state index contributed by atoms with van der Waals surface area (Å²) in [5, 5.41) is 20.0. The summed E-state index contributed by atoms with van der Waals surface area (Å²) in [6.45, 7) is 2.71. The van der Waals surface area contributed by atoms with Crippen molar-refractivity contribution in [2.75, 3.05) is 13.2 Å². The van der Waals surface area contributed by atoms with Crippen LogP contribution in [0.15, 0.2) is 18.2 Å². The van der Waals surface area contributed by atoms with Gasteiger partial charge in [-0.1, -0.05) is 38.3 Å². The van der Waals surface area contributed by atoms with Crippen LogP contribution >= 0.6 is 0 Å². The molecule has 2 fully saturated rings. The van der Waals surface area contributed by atoms with E-state index < -0.39 is 5.97 Å². The summed E-state index contributed by atoms with van der Waals surface area (Å²) >= 11 is 0. The average Bonchev–Trinajstić information content (AvgIpc) is 3.14. The molecule has 6 atom stereocenters. The van der Waals surface area contributed by atoms with E-state index >= 15 is 0 Å². The molecule has 6 nitrogen and oxygen atoms in total. The lowest BCUT2D eigenvalue weighted by Gasteiger charge is -2.33. The second-order valence-corrected chi connectivity index (χ2v) is 10.5. The van der Waals surface area contributed by atoms with E-state index in [1.165, 1.54) is 31.2 Å². The van der Waals surface area contributed by atoms with Crippen molar-refractivity contribution in [3.8, 4) is 5.75 Å². The third-order valence-electron chi connectivity index (χ3n) is 8.13. The van der Waals surface area contributed by atoms with Gasteiger partial charge in [0.25, 0.3) is 0 Å². The molecule has 1 saturated heterocycles. The summed E-state index contributed by atoms with van der Waals surface area (Å²) in [7, 11) is 0. The van der Waals surface area contributed by atoms with Crippen LogP contribution in [0.3, 0.4) is 0 Å². The van der Waals surface area contributed by atoms with Crippen LogP contribution < -0.4 is 4.74 Å². The molecule has 1 heterocycles. The van der Waals surface area contributed by atoms with Crippen LogP contribution in [0.2, 0.25) is 0 Å². The zero-order valence-electron chi connectivity index (χ0n) is 20.6. The van der Waals surface area contributed by atoms with E-state index in [0.717, 1.165) is 63.5 Å². The number of carboxylic acids is 1. The van der Waals surface area contributed by atoms with Crippen molar-refractivity contribution >= 4 is 5.97 Å².